The van der Waals surface area contributed by atoms with Gasteiger partial charge in [0.25, 0.3) is 6.43 Å². The van der Waals surface area contributed by atoms with E-state index in [1.54, 1.807) is 0 Å². The van der Waals surface area contributed by atoms with Crippen LogP contribution in [0.1, 0.15) is 5.56 Å². The summed E-state index contributed by atoms with van der Waals surface area (Å²) >= 11 is 11.3. The lowest BCUT2D eigenvalue weighted by molar-refractivity contribution is -0.128. The Kier molecular flexibility index (Phi) is 3.84. The van der Waals surface area contributed by atoms with Crippen molar-refractivity contribution in [2.45, 2.75) is 12.8 Å². The zero-order chi connectivity index (χ0) is 10.7. The molecule has 0 saturated carbocycles. The molecule has 0 aliphatic heterocycles. The topological polar surface area (TPSA) is 17.1 Å². The molecule has 1 aromatic rings. The fourth-order valence-electron chi connectivity index (χ4n) is 0.928. The van der Waals surface area contributed by atoms with E-state index in [1.165, 1.54) is 18.2 Å². The van der Waals surface area contributed by atoms with Gasteiger partial charge in [0, 0.05) is 6.42 Å². The molecule has 1 nitrogen and oxygen atoms in total. The first kappa shape index (κ1) is 11.4. The van der Waals surface area contributed by atoms with E-state index in [-0.39, 0.29) is 11.4 Å². The van der Waals surface area contributed by atoms with Crippen LogP contribution >= 0.6 is 23.2 Å². The van der Waals surface area contributed by atoms with Gasteiger partial charge in [-0.25, -0.2) is 8.78 Å². The van der Waals surface area contributed by atoms with Crippen LogP contribution in [-0.2, 0) is 11.2 Å². The molecular weight excluding hydrogens is 233 g/mol. The second-order valence-electron chi connectivity index (χ2n) is 2.69. The van der Waals surface area contributed by atoms with E-state index < -0.39 is 12.2 Å². The molecule has 5 heteroatoms. The molecular formula is C9H6Cl2F2O. The third kappa shape index (κ3) is 2.93. The monoisotopic (exact) mass is 238 g/mol. The summed E-state index contributed by atoms with van der Waals surface area (Å²) in [4.78, 5) is 10.7. The second kappa shape index (κ2) is 4.71. The molecule has 0 atom stereocenters. The van der Waals surface area contributed by atoms with Crippen molar-refractivity contribution < 1.29 is 13.6 Å². The van der Waals surface area contributed by atoms with Crippen LogP contribution in [0.4, 0.5) is 8.78 Å². The van der Waals surface area contributed by atoms with E-state index in [0.717, 1.165) is 0 Å². The maximum atomic E-state index is 11.9. The SMILES string of the molecule is O=C(Cc1ccc(Cl)c(Cl)c1)C(F)F. The Labute approximate surface area is 89.6 Å². The molecule has 0 bridgehead atoms. The molecule has 0 aliphatic carbocycles. The number of halogens is 4. The van der Waals surface area contributed by atoms with Crippen molar-refractivity contribution >= 4 is 29.0 Å². The average molecular weight is 239 g/mol. The summed E-state index contributed by atoms with van der Waals surface area (Å²) in [6, 6.07) is 4.37. The van der Waals surface area contributed by atoms with Crippen molar-refractivity contribution in [3.05, 3.63) is 33.8 Å². The largest absolute Gasteiger partial charge is 0.296 e. The summed E-state index contributed by atoms with van der Waals surface area (Å²) in [5.74, 6) is -1.12. The van der Waals surface area contributed by atoms with E-state index in [9.17, 15) is 13.6 Å². The minimum atomic E-state index is -2.94. The molecule has 76 valence electrons. The summed E-state index contributed by atoms with van der Waals surface area (Å²) in [5.41, 5.74) is 0.435. The van der Waals surface area contributed by atoms with E-state index in [2.05, 4.69) is 0 Å². The van der Waals surface area contributed by atoms with Gasteiger partial charge in [-0.2, -0.15) is 0 Å². The van der Waals surface area contributed by atoms with Gasteiger partial charge in [-0.15, -0.1) is 0 Å². The maximum Gasteiger partial charge on any atom is 0.296 e. The lowest BCUT2D eigenvalue weighted by Gasteiger charge is -2.01. The number of rotatable bonds is 3. The average Bonchev–Trinajstić information content (AvgIpc) is 2.11. The Hall–Kier alpha value is -0.670. The number of alkyl halides is 2. The number of hydrogen-bond acceptors (Lipinski definition) is 1. The number of ketones is 1. The zero-order valence-electron chi connectivity index (χ0n) is 6.94. The Bertz CT molecular complexity index is 353. The molecule has 0 aliphatic rings. The van der Waals surface area contributed by atoms with E-state index >= 15 is 0 Å². The lowest BCUT2D eigenvalue weighted by atomic mass is 10.1. The third-order valence-corrected chi connectivity index (χ3v) is 2.34. The van der Waals surface area contributed by atoms with Gasteiger partial charge in [-0.3, -0.25) is 4.79 Å². The van der Waals surface area contributed by atoms with Crippen LogP contribution in [0.15, 0.2) is 18.2 Å². The third-order valence-electron chi connectivity index (χ3n) is 1.61. The van der Waals surface area contributed by atoms with Crippen molar-refractivity contribution in [3.63, 3.8) is 0 Å². The van der Waals surface area contributed by atoms with Crippen molar-refractivity contribution in [2.75, 3.05) is 0 Å². The number of carbonyl (C=O) groups is 1. The molecule has 0 aromatic heterocycles. The fraction of sp³-hybridized carbons (Fsp3) is 0.222. The smallest absolute Gasteiger partial charge is 0.293 e. The second-order valence-corrected chi connectivity index (χ2v) is 3.51. The summed E-state index contributed by atoms with van der Waals surface area (Å²) < 4.78 is 23.8. The van der Waals surface area contributed by atoms with Gasteiger partial charge in [-0.1, -0.05) is 29.3 Å². The lowest BCUT2D eigenvalue weighted by Crippen LogP contribution is -2.12. The van der Waals surface area contributed by atoms with Crippen LogP contribution in [0.5, 0.6) is 0 Å². The van der Waals surface area contributed by atoms with Gasteiger partial charge in [0.05, 0.1) is 10.0 Å². The number of carbonyl (C=O) groups excluding carboxylic acids is 1. The maximum absolute atomic E-state index is 11.9. The molecule has 0 spiro atoms. The van der Waals surface area contributed by atoms with E-state index in [1.807, 2.05) is 0 Å². The minimum absolute atomic E-state index is 0.256. The Balaban J connectivity index is 2.78. The summed E-state index contributed by atoms with van der Waals surface area (Å²) in [6.07, 6.45) is -3.27. The fourth-order valence-corrected chi connectivity index (χ4v) is 1.25. The van der Waals surface area contributed by atoms with E-state index in [4.69, 9.17) is 23.2 Å². The molecule has 0 amide bonds. The first-order valence-electron chi connectivity index (χ1n) is 3.75. The highest BCUT2D eigenvalue weighted by molar-refractivity contribution is 6.42. The number of hydrogen-bond donors (Lipinski definition) is 0. The van der Waals surface area contributed by atoms with Crippen molar-refractivity contribution in [2.24, 2.45) is 0 Å². The predicted octanol–water partition coefficient (Wildman–Crippen LogP) is 3.37. The zero-order valence-corrected chi connectivity index (χ0v) is 8.45. The first-order valence-corrected chi connectivity index (χ1v) is 4.51. The molecule has 0 unspecified atom stereocenters. The van der Waals surface area contributed by atoms with Crippen LogP contribution in [0.25, 0.3) is 0 Å². The van der Waals surface area contributed by atoms with Crippen LogP contribution < -0.4 is 0 Å². The Morgan fingerprint density at radius 2 is 1.93 bits per heavy atom. The van der Waals surface area contributed by atoms with Crippen LogP contribution in [0.2, 0.25) is 10.0 Å². The highest BCUT2D eigenvalue weighted by Gasteiger charge is 2.15. The highest BCUT2D eigenvalue weighted by Crippen LogP contribution is 2.23. The molecule has 0 heterocycles. The Morgan fingerprint density at radius 1 is 1.29 bits per heavy atom. The van der Waals surface area contributed by atoms with Crippen molar-refractivity contribution in [1.82, 2.24) is 0 Å². The summed E-state index contributed by atoms with van der Waals surface area (Å²) in [5, 5.41) is 0.589. The molecule has 14 heavy (non-hydrogen) atoms. The predicted molar refractivity (Wildman–Crippen MR) is 51.2 cm³/mol. The van der Waals surface area contributed by atoms with Crippen LogP contribution in [0.3, 0.4) is 0 Å². The van der Waals surface area contributed by atoms with Crippen LogP contribution in [0, 0.1) is 0 Å². The standard InChI is InChI=1S/C9H6Cl2F2O/c10-6-2-1-5(3-7(6)11)4-8(14)9(12)13/h1-3,9H,4H2. The quantitative estimate of drug-likeness (QED) is 0.790. The van der Waals surface area contributed by atoms with Crippen molar-refractivity contribution in [1.29, 1.82) is 0 Å². The minimum Gasteiger partial charge on any atom is -0.293 e. The van der Waals surface area contributed by atoms with Gasteiger partial charge in [0.1, 0.15) is 0 Å². The molecule has 0 radical (unpaired) electrons. The molecule has 1 rings (SSSR count). The number of Topliss-reactive ketones (excluding diaryl/α,β-unsaturated/α-hetero) is 1. The molecule has 0 fully saturated rings. The molecule has 1 aromatic carbocycles. The van der Waals surface area contributed by atoms with Gasteiger partial charge < -0.3 is 0 Å². The highest BCUT2D eigenvalue weighted by atomic mass is 35.5. The van der Waals surface area contributed by atoms with Gasteiger partial charge in [-0.05, 0) is 17.7 Å². The Morgan fingerprint density at radius 3 is 2.43 bits per heavy atom. The van der Waals surface area contributed by atoms with E-state index in [0.29, 0.717) is 10.6 Å². The number of benzene rings is 1. The normalized spacial score (nSPS) is 10.6. The van der Waals surface area contributed by atoms with Gasteiger partial charge in [0.2, 0.25) is 5.78 Å². The van der Waals surface area contributed by atoms with Gasteiger partial charge in [0.15, 0.2) is 0 Å². The van der Waals surface area contributed by atoms with Crippen molar-refractivity contribution in [3.8, 4) is 0 Å². The molecule has 0 N–H and O–H groups in total. The molecule has 0 saturated heterocycles. The van der Waals surface area contributed by atoms with Crippen LogP contribution in [-0.4, -0.2) is 12.2 Å². The van der Waals surface area contributed by atoms with Gasteiger partial charge >= 0.3 is 0 Å². The summed E-state index contributed by atoms with van der Waals surface area (Å²) in [7, 11) is 0. The first-order chi connectivity index (χ1) is 6.50. The summed E-state index contributed by atoms with van der Waals surface area (Å²) in [6.45, 7) is 0.